The number of hydrogen-bond acceptors (Lipinski definition) is 5. The van der Waals surface area contributed by atoms with Crippen LogP contribution in [-0.2, 0) is 11.2 Å². The maximum atomic E-state index is 14.1. The van der Waals surface area contributed by atoms with Crippen LogP contribution in [0.1, 0.15) is 28.0 Å². The molecule has 0 unspecified atom stereocenters. The van der Waals surface area contributed by atoms with Crippen molar-refractivity contribution in [2.24, 2.45) is 0 Å². The second-order valence-corrected chi connectivity index (χ2v) is 7.36. The molecule has 1 atom stereocenters. The number of aryl methyl sites for hydroxylation is 2. The number of carbonyl (C=O) groups excluding carboxylic acids is 2. The standard InChI is InChI=1S/C23H21FN4O3/c1-14-5-8-20(17(24)12-14)31-16-9-11-25-19(13-16)22(29)27-18-7-6-15-4-3-10-26-21(15)28(2)23(18)30/h3-5,8-13,18H,6-7H2,1-2H3,(H,27,29)/t18-/m1/s1. The van der Waals surface area contributed by atoms with Crippen LogP contribution in [0.5, 0.6) is 11.5 Å². The number of anilines is 1. The Bertz CT molecular complexity index is 1150. The number of halogens is 1. The summed E-state index contributed by atoms with van der Waals surface area (Å²) in [6, 6.07) is 10.6. The highest BCUT2D eigenvalue weighted by Crippen LogP contribution is 2.26. The molecule has 0 saturated heterocycles. The molecule has 4 rings (SSSR count). The smallest absolute Gasteiger partial charge is 0.270 e. The lowest BCUT2D eigenvalue weighted by molar-refractivity contribution is -0.120. The maximum Gasteiger partial charge on any atom is 0.270 e. The minimum Gasteiger partial charge on any atom is -0.454 e. The van der Waals surface area contributed by atoms with E-state index in [1.54, 1.807) is 26.2 Å². The van der Waals surface area contributed by atoms with E-state index in [0.717, 1.165) is 11.1 Å². The lowest BCUT2D eigenvalue weighted by atomic mass is 10.1. The third-order valence-electron chi connectivity index (χ3n) is 5.10. The van der Waals surface area contributed by atoms with E-state index in [1.807, 2.05) is 12.1 Å². The summed E-state index contributed by atoms with van der Waals surface area (Å²) in [6.45, 7) is 1.78. The van der Waals surface area contributed by atoms with Crippen LogP contribution in [-0.4, -0.2) is 34.9 Å². The molecule has 2 amide bonds. The predicted octanol–water partition coefficient (Wildman–Crippen LogP) is 3.42. The van der Waals surface area contributed by atoms with Crippen LogP contribution in [0.15, 0.2) is 54.9 Å². The van der Waals surface area contributed by atoms with E-state index in [1.165, 1.54) is 35.4 Å². The second-order valence-electron chi connectivity index (χ2n) is 7.36. The molecule has 2 aromatic heterocycles. The number of rotatable bonds is 4. The van der Waals surface area contributed by atoms with Crippen molar-refractivity contribution in [3.63, 3.8) is 0 Å². The number of nitrogens with zero attached hydrogens (tertiary/aromatic N) is 3. The normalized spacial score (nSPS) is 15.8. The topological polar surface area (TPSA) is 84.4 Å². The SMILES string of the molecule is Cc1ccc(Oc2ccnc(C(=O)N[C@@H]3CCc4cccnc4N(C)C3=O)c2)c(F)c1. The largest absolute Gasteiger partial charge is 0.454 e. The van der Waals surface area contributed by atoms with Gasteiger partial charge in [0.25, 0.3) is 5.91 Å². The summed E-state index contributed by atoms with van der Waals surface area (Å²) in [4.78, 5) is 35.4. The van der Waals surface area contributed by atoms with Gasteiger partial charge in [0.2, 0.25) is 5.91 Å². The number of nitrogens with one attached hydrogen (secondary N) is 1. The molecule has 0 bridgehead atoms. The van der Waals surface area contributed by atoms with E-state index in [-0.39, 0.29) is 23.1 Å². The fourth-order valence-corrected chi connectivity index (χ4v) is 3.47. The van der Waals surface area contributed by atoms with Gasteiger partial charge >= 0.3 is 0 Å². The Hall–Kier alpha value is -3.81. The molecule has 1 aliphatic rings. The van der Waals surface area contributed by atoms with Gasteiger partial charge in [-0.1, -0.05) is 12.1 Å². The summed E-state index contributed by atoms with van der Waals surface area (Å²) in [5.74, 6) is -0.348. The van der Waals surface area contributed by atoms with Crippen molar-refractivity contribution in [2.45, 2.75) is 25.8 Å². The van der Waals surface area contributed by atoms with Gasteiger partial charge in [0, 0.05) is 25.5 Å². The molecule has 0 spiro atoms. The van der Waals surface area contributed by atoms with Gasteiger partial charge < -0.3 is 10.1 Å². The van der Waals surface area contributed by atoms with Crippen molar-refractivity contribution in [3.05, 3.63) is 77.5 Å². The average molecular weight is 420 g/mol. The zero-order valence-corrected chi connectivity index (χ0v) is 17.1. The minimum absolute atomic E-state index is 0.0500. The second kappa shape index (κ2) is 8.51. The van der Waals surface area contributed by atoms with Crippen LogP contribution in [0.4, 0.5) is 10.2 Å². The van der Waals surface area contributed by atoms with E-state index in [2.05, 4.69) is 15.3 Å². The van der Waals surface area contributed by atoms with E-state index in [9.17, 15) is 14.0 Å². The van der Waals surface area contributed by atoms with Crippen LogP contribution >= 0.6 is 0 Å². The molecule has 1 N–H and O–H groups in total. The highest BCUT2D eigenvalue weighted by atomic mass is 19.1. The molecule has 0 saturated carbocycles. The van der Waals surface area contributed by atoms with Gasteiger partial charge in [-0.15, -0.1) is 0 Å². The zero-order valence-electron chi connectivity index (χ0n) is 17.1. The molecule has 8 heteroatoms. The number of ether oxygens (including phenoxy) is 1. The highest BCUT2D eigenvalue weighted by molar-refractivity contribution is 6.01. The van der Waals surface area contributed by atoms with Crippen molar-refractivity contribution < 1.29 is 18.7 Å². The first-order valence-electron chi connectivity index (χ1n) is 9.85. The Morgan fingerprint density at radius 2 is 2.03 bits per heavy atom. The number of pyridine rings is 2. The quantitative estimate of drug-likeness (QED) is 0.699. The van der Waals surface area contributed by atoms with Gasteiger partial charge in [0.1, 0.15) is 23.3 Å². The van der Waals surface area contributed by atoms with Crippen LogP contribution in [0.3, 0.4) is 0 Å². The fourth-order valence-electron chi connectivity index (χ4n) is 3.47. The molecular weight excluding hydrogens is 399 g/mol. The van der Waals surface area contributed by atoms with Crippen molar-refractivity contribution in [3.8, 4) is 11.5 Å². The number of hydrogen-bond donors (Lipinski definition) is 1. The molecule has 7 nitrogen and oxygen atoms in total. The zero-order chi connectivity index (χ0) is 22.0. The van der Waals surface area contributed by atoms with Gasteiger partial charge in [0.05, 0.1) is 0 Å². The predicted molar refractivity (Wildman–Crippen MR) is 113 cm³/mol. The Morgan fingerprint density at radius 1 is 1.19 bits per heavy atom. The maximum absolute atomic E-state index is 14.1. The van der Waals surface area contributed by atoms with Crippen molar-refractivity contribution in [2.75, 3.05) is 11.9 Å². The number of aromatic nitrogens is 2. The first-order chi connectivity index (χ1) is 14.9. The first kappa shape index (κ1) is 20.5. The highest BCUT2D eigenvalue weighted by Gasteiger charge is 2.30. The van der Waals surface area contributed by atoms with E-state index >= 15 is 0 Å². The number of fused-ring (bicyclic) bond motifs is 1. The number of likely N-dealkylation sites (N-methyl/N-ethyl adjacent to an activating group) is 1. The van der Waals surface area contributed by atoms with Gasteiger partial charge in [-0.2, -0.15) is 0 Å². The van der Waals surface area contributed by atoms with E-state index < -0.39 is 17.8 Å². The summed E-state index contributed by atoms with van der Waals surface area (Å²) in [5.41, 5.74) is 1.79. The van der Waals surface area contributed by atoms with Crippen LogP contribution < -0.4 is 15.0 Å². The Kier molecular flexibility index (Phi) is 5.62. The molecular formula is C23H21FN4O3. The lowest BCUT2D eigenvalue weighted by Gasteiger charge is -2.21. The van der Waals surface area contributed by atoms with E-state index in [0.29, 0.717) is 18.7 Å². The summed E-state index contributed by atoms with van der Waals surface area (Å²) >= 11 is 0. The Balaban J connectivity index is 1.49. The number of benzene rings is 1. The molecule has 0 radical (unpaired) electrons. The van der Waals surface area contributed by atoms with Crippen LogP contribution in [0.25, 0.3) is 0 Å². The Morgan fingerprint density at radius 3 is 2.84 bits per heavy atom. The molecule has 31 heavy (non-hydrogen) atoms. The summed E-state index contributed by atoms with van der Waals surface area (Å²) < 4.78 is 19.6. The minimum atomic E-state index is -0.715. The molecule has 0 aliphatic carbocycles. The van der Waals surface area contributed by atoms with E-state index in [4.69, 9.17) is 4.74 Å². The third-order valence-corrected chi connectivity index (χ3v) is 5.10. The number of amides is 2. The fraction of sp³-hybridized carbons (Fsp3) is 0.217. The molecule has 3 heterocycles. The van der Waals surface area contributed by atoms with Crippen LogP contribution in [0, 0.1) is 12.7 Å². The van der Waals surface area contributed by atoms with Crippen molar-refractivity contribution in [1.29, 1.82) is 0 Å². The molecule has 1 aliphatic heterocycles. The van der Waals surface area contributed by atoms with Crippen molar-refractivity contribution in [1.82, 2.24) is 15.3 Å². The molecule has 158 valence electrons. The monoisotopic (exact) mass is 420 g/mol. The lowest BCUT2D eigenvalue weighted by Crippen LogP contribution is -2.47. The van der Waals surface area contributed by atoms with Gasteiger partial charge in [0.15, 0.2) is 11.6 Å². The summed E-state index contributed by atoms with van der Waals surface area (Å²) in [7, 11) is 1.64. The average Bonchev–Trinajstić information content (AvgIpc) is 2.88. The summed E-state index contributed by atoms with van der Waals surface area (Å²) in [5, 5.41) is 2.75. The van der Waals surface area contributed by atoms with Gasteiger partial charge in [-0.05, 0) is 55.2 Å². The third kappa shape index (κ3) is 4.37. The summed E-state index contributed by atoms with van der Waals surface area (Å²) in [6.07, 6.45) is 4.08. The molecule has 1 aromatic carbocycles. The van der Waals surface area contributed by atoms with Crippen LogP contribution in [0.2, 0.25) is 0 Å². The van der Waals surface area contributed by atoms with Gasteiger partial charge in [-0.25, -0.2) is 9.37 Å². The number of carbonyl (C=O) groups is 2. The molecule has 3 aromatic rings. The Labute approximate surface area is 178 Å². The first-order valence-corrected chi connectivity index (χ1v) is 9.85. The van der Waals surface area contributed by atoms with Gasteiger partial charge in [-0.3, -0.25) is 19.5 Å². The molecule has 0 fully saturated rings. The van der Waals surface area contributed by atoms with Crippen molar-refractivity contribution >= 4 is 17.6 Å².